The second-order valence-corrected chi connectivity index (χ2v) is 6.34. The summed E-state index contributed by atoms with van der Waals surface area (Å²) in [5, 5.41) is 13.8. The highest BCUT2D eigenvalue weighted by Gasteiger charge is 2.17. The maximum atomic E-state index is 13.1. The van der Waals surface area contributed by atoms with Gasteiger partial charge in [-0.25, -0.2) is 4.39 Å². The Morgan fingerprint density at radius 3 is 2.65 bits per heavy atom. The summed E-state index contributed by atoms with van der Waals surface area (Å²) in [6.45, 7) is 0.325. The van der Waals surface area contributed by atoms with Gasteiger partial charge < -0.3 is 11.1 Å². The molecule has 0 bridgehead atoms. The Morgan fingerprint density at radius 1 is 1.23 bits per heavy atom. The Bertz CT molecular complexity index is 845. The van der Waals surface area contributed by atoms with E-state index in [1.54, 1.807) is 12.1 Å². The molecule has 0 unspecified atom stereocenters. The molecule has 136 valence electrons. The van der Waals surface area contributed by atoms with Crippen LogP contribution in [0.1, 0.15) is 15.9 Å². The molecule has 0 aromatic heterocycles. The zero-order valence-electron chi connectivity index (χ0n) is 13.6. The van der Waals surface area contributed by atoms with Crippen LogP contribution in [0.15, 0.2) is 47.4 Å². The summed E-state index contributed by atoms with van der Waals surface area (Å²) < 4.78 is 13.1. The smallest absolute Gasteiger partial charge is 0.283 e. The van der Waals surface area contributed by atoms with Crippen molar-refractivity contribution in [3.63, 3.8) is 0 Å². The molecule has 9 heteroatoms. The van der Waals surface area contributed by atoms with Gasteiger partial charge in [0.15, 0.2) is 0 Å². The predicted molar refractivity (Wildman–Crippen MR) is 95.5 cm³/mol. The van der Waals surface area contributed by atoms with E-state index in [1.165, 1.54) is 24.3 Å². The van der Waals surface area contributed by atoms with Crippen LogP contribution in [0.5, 0.6) is 0 Å². The number of hydrogen-bond acceptors (Lipinski definition) is 5. The van der Waals surface area contributed by atoms with Crippen molar-refractivity contribution in [2.24, 2.45) is 5.73 Å². The highest BCUT2D eigenvalue weighted by Crippen LogP contribution is 2.29. The van der Waals surface area contributed by atoms with Crippen molar-refractivity contribution in [1.29, 1.82) is 0 Å². The zero-order valence-corrected chi connectivity index (χ0v) is 14.4. The highest BCUT2D eigenvalue weighted by atomic mass is 32.2. The molecule has 2 rings (SSSR count). The molecule has 0 saturated carbocycles. The average molecular weight is 377 g/mol. The largest absolute Gasteiger partial charge is 0.366 e. The Kier molecular flexibility index (Phi) is 6.67. The van der Waals surface area contributed by atoms with Gasteiger partial charge in [0, 0.05) is 18.2 Å². The number of rotatable bonds is 8. The lowest BCUT2D eigenvalue weighted by Gasteiger charge is -2.07. The van der Waals surface area contributed by atoms with Crippen molar-refractivity contribution in [2.45, 2.75) is 11.3 Å². The molecule has 0 spiro atoms. The van der Waals surface area contributed by atoms with E-state index in [0.717, 1.165) is 23.4 Å². The second kappa shape index (κ2) is 8.95. The van der Waals surface area contributed by atoms with Crippen LogP contribution in [-0.4, -0.2) is 29.0 Å². The summed E-state index contributed by atoms with van der Waals surface area (Å²) in [6.07, 6.45) is 0.474. The van der Waals surface area contributed by atoms with Gasteiger partial charge in [-0.1, -0.05) is 12.1 Å². The third-order valence-electron chi connectivity index (χ3n) is 3.42. The van der Waals surface area contributed by atoms with Crippen LogP contribution < -0.4 is 11.1 Å². The molecule has 0 radical (unpaired) electrons. The maximum absolute atomic E-state index is 13.1. The Balaban J connectivity index is 1.88. The molecule has 0 aliphatic carbocycles. The Hall–Kier alpha value is -2.94. The summed E-state index contributed by atoms with van der Waals surface area (Å²) in [7, 11) is 0. The second-order valence-electron chi connectivity index (χ2n) is 5.32. The fraction of sp³-hybridized carbons (Fsp3) is 0.176. The van der Waals surface area contributed by atoms with Crippen molar-refractivity contribution < 1.29 is 18.9 Å². The number of carbonyl (C=O) groups excluding carboxylic acids is 2. The summed E-state index contributed by atoms with van der Waals surface area (Å²) in [5.74, 6) is -1.43. The summed E-state index contributed by atoms with van der Waals surface area (Å²) >= 11 is 0.987. The Morgan fingerprint density at radius 2 is 2.00 bits per heavy atom. The number of benzene rings is 2. The zero-order chi connectivity index (χ0) is 19.1. The van der Waals surface area contributed by atoms with E-state index in [1.807, 2.05) is 0 Å². The number of thioether (sulfide) groups is 1. The molecule has 26 heavy (non-hydrogen) atoms. The number of amides is 2. The molecule has 0 aliphatic rings. The minimum absolute atomic E-state index is 0.0279. The van der Waals surface area contributed by atoms with Crippen molar-refractivity contribution in [3.8, 4) is 0 Å². The lowest BCUT2D eigenvalue weighted by atomic mass is 10.1. The van der Waals surface area contributed by atoms with Gasteiger partial charge in [-0.15, -0.1) is 11.8 Å². The number of nitro groups is 1. The SMILES string of the molecule is NC(=O)c1ccc(SCC(=O)NCCc2cccc(F)c2)c([N+](=O)[O-])c1. The first-order chi connectivity index (χ1) is 12.4. The molecule has 0 atom stereocenters. The molecule has 2 aromatic carbocycles. The third kappa shape index (κ3) is 5.55. The molecule has 2 aromatic rings. The lowest BCUT2D eigenvalue weighted by molar-refractivity contribution is -0.387. The third-order valence-corrected chi connectivity index (χ3v) is 4.49. The first-order valence-electron chi connectivity index (χ1n) is 7.59. The van der Waals surface area contributed by atoms with Crippen molar-refractivity contribution in [1.82, 2.24) is 5.32 Å². The lowest BCUT2D eigenvalue weighted by Crippen LogP contribution is -2.27. The van der Waals surface area contributed by atoms with Crippen LogP contribution in [-0.2, 0) is 11.2 Å². The molecule has 2 amide bonds. The van der Waals surface area contributed by atoms with Gasteiger partial charge in [-0.2, -0.15) is 0 Å². The van der Waals surface area contributed by atoms with Crippen molar-refractivity contribution in [2.75, 3.05) is 12.3 Å². The van der Waals surface area contributed by atoms with E-state index < -0.39 is 10.8 Å². The number of nitrogens with two attached hydrogens (primary N) is 1. The van der Waals surface area contributed by atoms with E-state index in [0.29, 0.717) is 13.0 Å². The van der Waals surface area contributed by atoms with Crippen molar-refractivity contribution in [3.05, 3.63) is 69.5 Å². The van der Waals surface area contributed by atoms with Gasteiger partial charge in [0.25, 0.3) is 5.69 Å². The molecule has 0 aliphatic heterocycles. The topological polar surface area (TPSA) is 115 Å². The molecule has 0 heterocycles. The van der Waals surface area contributed by atoms with Gasteiger partial charge in [0.05, 0.1) is 15.6 Å². The molecule has 0 fully saturated rings. The molecule has 7 nitrogen and oxygen atoms in total. The van der Waals surface area contributed by atoms with Gasteiger partial charge >= 0.3 is 0 Å². The van der Waals surface area contributed by atoms with Gasteiger partial charge in [-0.3, -0.25) is 19.7 Å². The average Bonchev–Trinajstić information content (AvgIpc) is 2.59. The van der Waals surface area contributed by atoms with Crippen LogP contribution in [0, 0.1) is 15.9 Å². The van der Waals surface area contributed by atoms with Crippen LogP contribution >= 0.6 is 11.8 Å². The first-order valence-corrected chi connectivity index (χ1v) is 8.57. The number of nitro benzene ring substituents is 1. The summed E-state index contributed by atoms with van der Waals surface area (Å²) in [6, 6.07) is 9.94. The number of nitrogens with zero attached hydrogens (tertiary/aromatic N) is 1. The number of halogens is 1. The normalized spacial score (nSPS) is 10.3. The van der Waals surface area contributed by atoms with E-state index in [9.17, 15) is 24.1 Å². The van der Waals surface area contributed by atoms with Crippen LogP contribution in [0.25, 0.3) is 0 Å². The number of primary amides is 1. The van der Waals surface area contributed by atoms with E-state index in [2.05, 4.69) is 5.32 Å². The van der Waals surface area contributed by atoms with Crippen molar-refractivity contribution >= 4 is 29.3 Å². The quantitative estimate of drug-likeness (QED) is 0.416. The van der Waals surface area contributed by atoms with E-state index in [-0.39, 0.29) is 33.6 Å². The maximum Gasteiger partial charge on any atom is 0.283 e. The molecule has 0 saturated heterocycles. The van der Waals surface area contributed by atoms with Gasteiger partial charge in [-0.05, 0) is 36.2 Å². The summed E-state index contributed by atoms with van der Waals surface area (Å²) in [4.78, 5) is 33.7. The first kappa shape index (κ1) is 19.4. The predicted octanol–water partition coefficient (Wildman–Crippen LogP) is 2.28. The van der Waals surface area contributed by atoms with Gasteiger partial charge in [0.2, 0.25) is 11.8 Å². The van der Waals surface area contributed by atoms with Crippen LogP contribution in [0.4, 0.5) is 10.1 Å². The van der Waals surface area contributed by atoms with Gasteiger partial charge in [0.1, 0.15) is 5.82 Å². The minimum Gasteiger partial charge on any atom is -0.366 e. The molecule has 3 N–H and O–H groups in total. The molecular formula is C17H16FN3O4S. The number of carbonyl (C=O) groups is 2. The minimum atomic E-state index is -0.764. The highest BCUT2D eigenvalue weighted by molar-refractivity contribution is 8.00. The van der Waals surface area contributed by atoms with Crippen LogP contribution in [0.3, 0.4) is 0 Å². The standard InChI is InChI=1S/C17H16FN3O4S/c18-13-3-1-2-11(8-13)6-7-20-16(22)10-26-15-5-4-12(17(19)23)9-14(15)21(24)25/h1-5,8-9H,6-7,10H2,(H2,19,23)(H,20,22). The van der Waals surface area contributed by atoms with E-state index >= 15 is 0 Å². The fourth-order valence-corrected chi connectivity index (χ4v) is 3.00. The number of nitrogens with one attached hydrogen (secondary N) is 1. The summed E-state index contributed by atoms with van der Waals surface area (Å²) in [5.41, 5.74) is 5.62. The monoisotopic (exact) mass is 377 g/mol. The van der Waals surface area contributed by atoms with Crippen LogP contribution in [0.2, 0.25) is 0 Å². The fourth-order valence-electron chi connectivity index (χ4n) is 2.17. The van der Waals surface area contributed by atoms with E-state index in [4.69, 9.17) is 5.73 Å². The number of hydrogen-bond donors (Lipinski definition) is 2. The Labute approximate surface area is 152 Å². The molecular weight excluding hydrogens is 361 g/mol.